The molecule has 25 heavy (non-hydrogen) atoms. The zero-order valence-corrected chi connectivity index (χ0v) is 19.0. The van der Waals surface area contributed by atoms with Gasteiger partial charge in [-0.15, -0.1) is 24.0 Å². The van der Waals surface area contributed by atoms with Crippen molar-refractivity contribution in [1.82, 2.24) is 14.8 Å². The summed E-state index contributed by atoms with van der Waals surface area (Å²) in [6, 6.07) is 10.2. The Morgan fingerprint density at radius 1 is 1.36 bits per heavy atom. The number of rotatable bonds is 6. The fourth-order valence-electron chi connectivity index (χ4n) is 2.64. The first-order valence-corrected chi connectivity index (χ1v) is 8.69. The van der Waals surface area contributed by atoms with E-state index in [1.54, 1.807) is 7.11 Å². The minimum Gasteiger partial charge on any atom is -0.496 e. The van der Waals surface area contributed by atoms with Gasteiger partial charge in [-0.2, -0.15) is 0 Å². The van der Waals surface area contributed by atoms with Crippen LogP contribution in [0.3, 0.4) is 0 Å². The van der Waals surface area contributed by atoms with Crippen LogP contribution in [0.4, 0.5) is 0 Å². The molecule has 0 unspecified atom stereocenters. The molecule has 0 aliphatic carbocycles. The van der Waals surface area contributed by atoms with Gasteiger partial charge in [0, 0.05) is 44.1 Å². The van der Waals surface area contributed by atoms with Crippen molar-refractivity contribution in [3.8, 4) is 5.75 Å². The molecule has 1 aromatic heterocycles. The molecule has 1 aromatic carbocycles. The molecule has 5 nitrogen and oxygen atoms in total. The zero-order chi connectivity index (χ0) is 17.5. The average Bonchev–Trinajstić information content (AvgIpc) is 2.89. The molecule has 1 N–H and O–H groups in total. The van der Waals surface area contributed by atoms with E-state index in [1.165, 1.54) is 11.3 Å². The lowest BCUT2D eigenvalue weighted by Gasteiger charge is -2.22. The molecule has 7 heteroatoms. The third-order valence-electron chi connectivity index (χ3n) is 3.92. The van der Waals surface area contributed by atoms with E-state index < -0.39 is 0 Å². The third kappa shape index (κ3) is 6.22. The summed E-state index contributed by atoms with van der Waals surface area (Å²) in [5.41, 5.74) is 2.41. The number of aliphatic imine (C=N–C) groups is 1. The molecule has 2 aromatic rings. The molecule has 1 heterocycles. The van der Waals surface area contributed by atoms with Crippen LogP contribution in [0, 0.1) is 0 Å². The van der Waals surface area contributed by atoms with Gasteiger partial charge in [0.15, 0.2) is 5.96 Å². The van der Waals surface area contributed by atoms with Crippen molar-refractivity contribution >= 4 is 45.9 Å². The number of nitrogens with one attached hydrogen (secondary N) is 1. The molecular weight excluding hydrogens is 495 g/mol. The van der Waals surface area contributed by atoms with E-state index in [1.807, 2.05) is 39.3 Å². The van der Waals surface area contributed by atoms with Crippen LogP contribution >= 0.6 is 39.9 Å². The molecule has 0 saturated carbocycles. The Balaban J connectivity index is 0.00000312. The van der Waals surface area contributed by atoms with E-state index in [2.05, 4.69) is 54.0 Å². The Morgan fingerprint density at radius 2 is 2.08 bits per heavy atom. The molecule has 0 radical (unpaired) electrons. The number of aryl methyl sites for hydroxylation is 1. The summed E-state index contributed by atoms with van der Waals surface area (Å²) in [7, 11) is 7.60. The van der Waals surface area contributed by atoms with E-state index in [0.717, 1.165) is 35.7 Å². The number of halogens is 2. The molecule has 0 spiro atoms. The number of hydrogen-bond acceptors (Lipinski definition) is 2. The molecule has 0 amide bonds. The van der Waals surface area contributed by atoms with Crippen molar-refractivity contribution in [2.75, 3.05) is 27.7 Å². The molecule has 0 atom stereocenters. The van der Waals surface area contributed by atoms with Crippen molar-refractivity contribution in [3.63, 3.8) is 0 Å². The minimum atomic E-state index is 0. The molecule has 0 fully saturated rings. The summed E-state index contributed by atoms with van der Waals surface area (Å²) in [5.74, 6) is 1.80. The quantitative estimate of drug-likeness (QED) is 0.359. The number of hydrogen-bond donors (Lipinski definition) is 1. The van der Waals surface area contributed by atoms with Gasteiger partial charge >= 0.3 is 0 Å². The molecular formula is C18H26BrIN4O. The minimum absolute atomic E-state index is 0. The number of benzene rings is 1. The number of ether oxygens (including phenoxy) is 1. The predicted molar refractivity (Wildman–Crippen MR) is 118 cm³/mol. The lowest BCUT2D eigenvalue weighted by molar-refractivity contribution is 0.409. The molecule has 0 saturated heterocycles. The Hall–Kier alpha value is -1.22. The van der Waals surface area contributed by atoms with Crippen molar-refractivity contribution in [2.45, 2.75) is 13.0 Å². The van der Waals surface area contributed by atoms with Gasteiger partial charge in [-0.05, 0) is 40.0 Å². The van der Waals surface area contributed by atoms with Gasteiger partial charge in [-0.1, -0.05) is 18.2 Å². The van der Waals surface area contributed by atoms with Gasteiger partial charge in [0.2, 0.25) is 0 Å². The van der Waals surface area contributed by atoms with Crippen molar-refractivity contribution in [2.24, 2.45) is 12.0 Å². The molecule has 138 valence electrons. The molecule has 0 aliphatic heterocycles. The SMILES string of the molecule is CN=C(NCCc1ccccc1OC)N(C)Cc1cc(Br)cn1C.I. The van der Waals surface area contributed by atoms with E-state index in [-0.39, 0.29) is 24.0 Å². The zero-order valence-electron chi connectivity index (χ0n) is 15.1. The second-order valence-electron chi connectivity index (χ2n) is 5.65. The summed E-state index contributed by atoms with van der Waals surface area (Å²) in [6.07, 6.45) is 2.94. The number of para-hydroxylation sites is 1. The van der Waals surface area contributed by atoms with Gasteiger partial charge in [0.1, 0.15) is 5.75 Å². The highest BCUT2D eigenvalue weighted by molar-refractivity contribution is 14.0. The molecule has 0 bridgehead atoms. The lowest BCUT2D eigenvalue weighted by Crippen LogP contribution is -2.39. The standard InChI is InChI=1S/C18H25BrN4O.HI/c1-20-18(23(3)13-16-11-15(19)12-22(16)2)21-10-9-14-7-5-6-8-17(14)24-4;/h5-8,11-12H,9-10,13H2,1-4H3,(H,20,21);1H. The second kappa shape index (κ2) is 10.7. The second-order valence-corrected chi connectivity index (χ2v) is 6.57. The lowest BCUT2D eigenvalue weighted by atomic mass is 10.1. The topological polar surface area (TPSA) is 41.8 Å². The Morgan fingerprint density at radius 3 is 2.68 bits per heavy atom. The number of aromatic nitrogens is 1. The molecule has 0 aliphatic rings. The first-order chi connectivity index (χ1) is 11.5. The highest BCUT2D eigenvalue weighted by Gasteiger charge is 2.10. The maximum Gasteiger partial charge on any atom is 0.193 e. The molecule has 2 rings (SSSR count). The number of nitrogens with zero attached hydrogens (tertiary/aromatic N) is 3. The largest absolute Gasteiger partial charge is 0.496 e. The van der Waals surface area contributed by atoms with Gasteiger partial charge in [-0.25, -0.2) is 0 Å². The van der Waals surface area contributed by atoms with Crippen LogP contribution in [0.25, 0.3) is 0 Å². The van der Waals surface area contributed by atoms with Crippen LogP contribution < -0.4 is 10.1 Å². The predicted octanol–water partition coefficient (Wildman–Crippen LogP) is 3.66. The summed E-state index contributed by atoms with van der Waals surface area (Å²) in [6.45, 7) is 1.59. The Labute approximate surface area is 175 Å². The maximum atomic E-state index is 5.40. The first kappa shape index (κ1) is 21.8. The van der Waals surface area contributed by atoms with Gasteiger partial charge in [0.25, 0.3) is 0 Å². The smallest absolute Gasteiger partial charge is 0.193 e. The Bertz CT molecular complexity index is 702. The van der Waals surface area contributed by atoms with Crippen LogP contribution in [0.1, 0.15) is 11.3 Å². The Kier molecular flexibility index (Phi) is 9.34. The highest BCUT2D eigenvalue weighted by Crippen LogP contribution is 2.17. The summed E-state index contributed by atoms with van der Waals surface area (Å²) in [4.78, 5) is 6.49. The van der Waals surface area contributed by atoms with Crippen molar-refractivity contribution < 1.29 is 4.74 Å². The van der Waals surface area contributed by atoms with E-state index in [0.29, 0.717) is 0 Å². The third-order valence-corrected chi connectivity index (χ3v) is 4.35. The van der Waals surface area contributed by atoms with Crippen LogP contribution in [0.2, 0.25) is 0 Å². The van der Waals surface area contributed by atoms with Gasteiger partial charge in [-0.3, -0.25) is 4.99 Å². The maximum absolute atomic E-state index is 5.40. The fourth-order valence-corrected chi connectivity index (χ4v) is 3.22. The van der Waals surface area contributed by atoms with Crippen molar-refractivity contribution in [3.05, 3.63) is 52.3 Å². The van der Waals surface area contributed by atoms with E-state index in [4.69, 9.17) is 4.74 Å². The van der Waals surface area contributed by atoms with Gasteiger partial charge < -0.3 is 19.5 Å². The summed E-state index contributed by atoms with van der Waals surface area (Å²) >= 11 is 3.51. The monoisotopic (exact) mass is 520 g/mol. The number of methoxy groups -OCH3 is 1. The number of guanidine groups is 1. The van der Waals surface area contributed by atoms with E-state index in [9.17, 15) is 0 Å². The van der Waals surface area contributed by atoms with Crippen LogP contribution in [-0.2, 0) is 20.0 Å². The average molecular weight is 521 g/mol. The van der Waals surface area contributed by atoms with Crippen LogP contribution in [-0.4, -0.2) is 43.2 Å². The van der Waals surface area contributed by atoms with Gasteiger partial charge in [0.05, 0.1) is 13.7 Å². The first-order valence-electron chi connectivity index (χ1n) is 7.89. The van der Waals surface area contributed by atoms with Crippen LogP contribution in [0.5, 0.6) is 5.75 Å². The highest BCUT2D eigenvalue weighted by atomic mass is 127. The normalized spacial score (nSPS) is 11.0. The van der Waals surface area contributed by atoms with Crippen LogP contribution in [0.15, 0.2) is 46.0 Å². The summed E-state index contributed by atoms with van der Waals surface area (Å²) < 4.78 is 8.60. The fraction of sp³-hybridized carbons (Fsp3) is 0.389. The van der Waals surface area contributed by atoms with Crippen molar-refractivity contribution in [1.29, 1.82) is 0 Å². The summed E-state index contributed by atoms with van der Waals surface area (Å²) in [5, 5.41) is 3.41. The van der Waals surface area contributed by atoms with E-state index >= 15 is 0 Å².